The summed E-state index contributed by atoms with van der Waals surface area (Å²) < 4.78 is 10.7. The fraction of sp³-hybridized carbons (Fsp3) is 0.507. The van der Waals surface area contributed by atoms with Gasteiger partial charge in [0, 0.05) is 12.8 Å². The lowest BCUT2D eigenvalue weighted by atomic mass is 10.1. The van der Waals surface area contributed by atoms with Gasteiger partial charge in [0.05, 0.1) is 6.61 Å². The lowest BCUT2D eigenvalue weighted by Crippen LogP contribution is -2.28. The fourth-order valence-corrected chi connectivity index (χ4v) is 7.56. The van der Waals surface area contributed by atoms with Crippen LogP contribution in [0.2, 0.25) is 0 Å². The SMILES string of the molecule is CC/C=C\C/C=C\C/C=C\C/C=C\C/C=C\C/C=C\C/C=C\C/C=C\C/C=C\C/C=C\C/C=C\CCCCCCCC(=O)OC(CO)COC(=O)CCCCCCCC/C=C\C/C=C\C/C=C\C/C=C\C/C=C\C/C=C\CC. The Morgan fingerprint density at radius 3 is 0.769 bits per heavy atom. The van der Waals surface area contributed by atoms with Gasteiger partial charge in [0.15, 0.2) is 6.10 Å². The highest BCUT2D eigenvalue weighted by atomic mass is 16.6. The Morgan fingerprint density at radius 1 is 0.295 bits per heavy atom. The van der Waals surface area contributed by atoms with Crippen LogP contribution in [0.25, 0.3) is 0 Å². The molecule has 0 spiro atoms. The first kappa shape index (κ1) is 72.5. The number of aliphatic hydroxyl groups is 1. The number of unbranched alkanes of at least 4 members (excludes halogenated alkanes) is 11. The number of hydrogen-bond donors (Lipinski definition) is 1. The first-order valence-corrected chi connectivity index (χ1v) is 30.6. The van der Waals surface area contributed by atoms with Crippen LogP contribution in [0.4, 0.5) is 0 Å². The van der Waals surface area contributed by atoms with Crippen molar-refractivity contribution in [1.82, 2.24) is 0 Å². The minimum Gasteiger partial charge on any atom is -0.462 e. The molecule has 0 heterocycles. The predicted molar refractivity (Wildman–Crippen MR) is 342 cm³/mol. The van der Waals surface area contributed by atoms with Gasteiger partial charge in [0.2, 0.25) is 0 Å². The summed E-state index contributed by atoms with van der Waals surface area (Å²) in [6.07, 6.45) is 107. The minimum atomic E-state index is -0.808. The molecule has 0 aromatic carbocycles. The van der Waals surface area contributed by atoms with E-state index >= 15 is 0 Å². The van der Waals surface area contributed by atoms with E-state index in [1.807, 2.05) is 0 Å². The second kappa shape index (κ2) is 65.8. The minimum absolute atomic E-state index is 0.0966. The van der Waals surface area contributed by atoms with Gasteiger partial charge in [-0.15, -0.1) is 0 Å². The highest BCUT2D eigenvalue weighted by Gasteiger charge is 2.16. The van der Waals surface area contributed by atoms with Crippen molar-refractivity contribution in [2.45, 2.75) is 225 Å². The summed E-state index contributed by atoms with van der Waals surface area (Å²) in [6.45, 7) is 3.87. The van der Waals surface area contributed by atoms with Crippen LogP contribution >= 0.6 is 0 Å². The van der Waals surface area contributed by atoms with E-state index in [0.717, 1.165) is 173 Å². The monoisotopic (exact) mass is 1070 g/mol. The zero-order valence-corrected chi connectivity index (χ0v) is 49.3. The summed E-state index contributed by atoms with van der Waals surface area (Å²) in [5, 5.41) is 9.67. The van der Waals surface area contributed by atoms with E-state index in [1.54, 1.807) is 0 Å². The quantitative estimate of drug-likeness (QED) is 0.0373. The Hall–Kier alpha value is -5.52. The van der Waals surface area contributed by atoms with Gasteiger partial charge >= 0.3 is 11.9 Å². The van der Waals surface area contributed by atoms with Crippen molar-refractivity contribution in [2.75, 3.05) is 13.2 Å². The fourth-order valence-electron chi connectivity index (χ4n) is 7.56. The van der Waals surface area contributed by atoms with Crippen LogP contribution in [0.15, 0.2) is 207 Å². The summed E-state index contributed by atoms with van der Waals surface area (Å²) in [5.74, 6) is -0.647. The maximum Gasteiger partial charge on any atom is 0.306 e. The average molecular weight is 1070 g/mol. The molecular weight excluding hydrogens is 957 g/mol. The van der Waals surface area contributed by atoms with Crippen molar-refractivity contribution in [3.05, 3.63) is 207 Å². The van der Waals surface area contributed by atoms with E-state index in [9.17, 15) is 14.7 Å². The molecule has 0 fully saturated rings. The number of aliphatic hydroxyl groups excluding tert-OH is 1. The number of allylic oxidation sites excluding steroid dienone is 34. The largest absolute Gasteiger partial charge is 0.462 e. The summed E-state index contributed by atoms with van der Waals surface area (Å²) in [6, 6.07) is 0. The van der Waals surface area contributed by atoms with Crippen LogP contribution in [-0.4, -0.2) is 36.4 Å². The molecule has 1 atom stereocenters. The molecule has 0 amide bonds. The third-order valence-electron chi connectivity index (χ3n) is 12.1. The van der Waals surface area contributed by atoms with Crippen LogP contribution in [0.1, 0.15) is 219 Å². The van der Waals surface area contributed by atoms with Crippen LogP contribution in [0, 0.1) is 0 Å². The highest BCUT2D eigenvalue weighted by molar-refractivity contribution is 5.70. The first-order valence-electron chi connectivity index (χ1n) is 30.6. The van der Waals surface area contributed by atoms with E-state index in [1.165, 1.54) is 19.3 Å². The number of carbonyl (C=O) groups excluding carboxylic acids is 2. The first-order chi connectivity index (χ1) is 38.6. The van der Waals surface area contributed by atoms with Crippen molar-refractivity contribution >= 4 is 11.9 Å². The summed E-state index contributed by atoms with van der Waals surface area (Å²) in [4.78, 5) is 24.6. The van der Waals surface area contributed by atoms with Crippen LogP contribution in [0.5, 0.6) is 0 Å². The Balaban J connectivity index is 3.69. The second-order valence-electron chi connectivity index (χ2n) is 19.3. The van der Waals surface area contributed by atoms with Gasteiger partial charge in [0.25, 0.3) is 0 Å². The average Bonchev–Trinajstić information content (AvgIpc) is 3.44. The van der Waals surface area contributed by atoms with E-state index in [-0.39, 0.29) is 25.2 Å². The van der Waals surface area contributed by atoms with E-state index < -0.39 is 6.10 Å². The Labute approximate surface area is 479 Å². The molecule has 0 rings (SSSR count). The highest BCUT2D eigenvalue weighted by Crippen LogP contribution is 2.12. The van der Waals surface area contributed by atoms with Crippen LogP contribution < -0.4 is 0 Å². The molecule has 0 saturated carbocycles. The van der Waals surface area contributed by atoms with Crippen molar-refractivity contribution < 1.29 is 24.2 Å². The van der Waals surface area contributed by atoms with Crippen LogP contribution in [0.3, 0.4) is 0 Å². The van der Waals surface area contributed by atoms with Gasteiger partial charge in [-0.05, 0) is 148 Å². The third kappa shape index (κ3) is 63.0. The molecule has 0 aliphatic rings. The summed E-state index contributed by atoms with van der Waals surface area (Å²) >= 11 is 0. The number of esters is 2. The second-order valence-corrected chi connectivity index (χ2v) is 19.3. The molecule has 0 bridgehead atoms. The molecule has 5 heteroatoms. The van der Waals surface area contributed by atoms with E-state index in [2.05, 4.69) is 220 Å². The summed E-state index contributed by atoms with van der Waals surface area (Å²) in [5.41, 5.74) is 0. The Kier molecular flexibility index (Phi) is 61.1. The maximum atomic E-state index is 12.3. The molecule has 1 unspecified atom stereocenters. The van der Waals surface area contributed by atoms with Gasteiger partial charge in [-0.1, -0.05) is 265 Å². The molecule has 0 aliphatic heterocycles. The van der Waals surface area contributed by atoms with E-state index in [4.69, 9.17) is 9.47 Å². The molecule has 0 aromatic rings. The van der Waals surface area contributed by atoms with Crippen molar-refractivity contribution in [3.8, 4) is 0 Å². The molecule has 5 nitrogen and oxygen atoms in total. The summed E-state index contributed by atoms with van der Waals surface area (Å²) in [7, 11) is 0. The molecule has 0 aromatic heterocycles. The van der Waals surface area contributed by atoms with Crippen molar-refractivity contribution in [3.63, 3.8) is 0 Å². The molecule has 0 saturated heterocycles. The normalized spacial score (nSPS) is 13.7. The van der Waals surface area contributed by atoms with Crippen molar-refractivity contribution in [1.29, 1.82) is 0 Å². The zero-order valence-electron chi connectivity index (χ0n) is 49.3. The zero-order chi connectivity index (χ0) is 56.2. The number of rotatable bonds is 53. The number of ether oxygens (including phenoxy) is 2. The van der Waals surface area contributed by atoms with Gasteiger partial charge < -0.3 is 14.6 Å². The van der Waals surface area contributed by atoms with Gasteiger partial charge in [0.1, 0.15) is 6.61 Å². The van der Waals surface area contributed by atoms with Gasteiger partial charge in [-0.25, -0.2) is 0 Å². The smallest absolute Gasteiger partial charge is 0.306 e. The lowest BCUT2D eigenvalue weighted by Gasteiger charge is -2.15. The third-order valence-corrected chi connectivity index (χ3v) is 12.1. The molecule has 0 aliphatic carbocycles. The maximum absolute atomic E-state index is 12.3. The lowest BCUT2D eigenvalue weighted by molar-refractivity contribution is -0.161. The molecule has 1 N–H and O–H groups in total. The van der Waals surface area contributed by atoms with Crippen molar-refractivity contribution in [2.24, 2.45) is 0 Å². The molecule has 0 radical (unpaired) electrons. The van der Waals surface area contributed by atoms with E-state index in [0.29, 0.717) is 12.8 Å². The van der Waals surface area contributed by atoms with Gasteiger partial charge in [-0.2, -0.15) is 0 Å². The Bertz CT molecular complexity index is 1880. The van der Waals surface area contributed by atoms with Crippen LogP contribution in [-0.2, 0) is 19.1 Å². The molecule has 432 valence electrons. The molecule has 78 heavy (non-hydrogen) atoms. The van der Waals surface area contributed by atoms with Gasteiger partial charge in [-0.3, -0.25) is 9.59 Å². The number of carbonyl (C=O) groups is 2. The number of hydrogen-bond acceptors (Lipinski definition) is 5. The predicted octanol–water partition coefficient (Wildman–Crippen LogP) is 21.4. The topological polar surface area (TPSA) is 72.8 Å². The Morgan fingerprint density at radius 2 is 0.513 bits per heavy atom. The standard InChI is InChI=1S/C73H110O5/c1-3-5-7-9-11-13-15-17-19-21-23-25-27-29-30-31-32-33-34-35-36-37-38-39-40-41-42-44-46-48-50-52-54-56-58-60-62-64-66-68-73(76)78-71(69-74)70-77-72(75)67-65-63-61-59-57-55-53-51-49-47-45-43-28-26-24-22-20-18-16-14-12-10-8-6-4-2/h5-8,11-14,17-20,23-26,29-30,32-33,35-36,38-39,41-43,45-46,48-49,51-52,54,71,74H,3-4,9-10,15-16,21-22,27-28,31,34,37,40,44,47,50,53,55-70H2,1-2H3/b7-5-,8-6-,13-11-,14-12-,19-17-,20-18-,25-23-,26-24-,30-29-,33-32-,36-35-,39-38-,42-41-,45-43-,48-46-,51-49-,54-52-. The molecular formula is C73H110O5.